The van der Waals surface area contributed by atoms with Gasteiger partial charge in [-0.25, -0.2) is 0 Å². The normalized spacial score (nSPS) is 11.5. The Balaban J connectivity index is 2.33. The Labute approximate surface area is 136 Å². The van der Waals surface area contributed by atoms with Crippen molar-refractivity contribution >= 4 is 17.8 Å². The topological polar surface area (TPSA) is 95.5 Å². The van der Waals surface area contributed by atoms with Gasteiger partial charge in [0.2, 0.25) is 11.8 Å². The second kappa shape index (κ2) is 10.4. The minimum atomic E-state index is -0.976. The lowest BCUT2D eigenvalue weighted by atomic mass is 9.99. The Bertz CT molecular complexity index is 517. The van der Waals surface area contributed by atoms with E-state index in [4.69, 9.17) is 0 Å². The van der Waals surface area contributed by atoms with Gasteiger partial charge in [0.1, 0.15) is 0 Å². The van der Waals surface area contributed by atoms with Crippen LogP contribution in [0.5, 0.6) is 0 Å². The van der Waals surface area contributed by atoms with Gasteiger partial charge in [0.15, 0.2) is 0 Å². The first-order valence-electron chi connectivity index (χ1n) is 7.85. The van der Waals surface area contributed by atoms with Crippen molar-refractivity contribution in [2.75, 3.05) is 13.1 Å². The zero-order valence-electron chi connectivity index (χ0n) is 13.4. The van der Waals surface area contributed by atoms with Crippen LogP contribution < -0.4 is 10.6 Å². The molecule has 2 amide bonds. The summed E-state index contributed by atoms with van der Waals surface area (Å²) in [6.45, 7) is 2.65. The Morgan fingerprint density at radius 3 is 2.22 bits per heavy atom. The van der Waals surface area contributed by atoms with E-state index in [0.29, 0.717) is 24.9 Å². The summed E-state index contributed by atoms with van der Waals surface area (Å²) in [5, 5.41) is 14.6. The molecule has 0 bridgehead atoms. The molecule has 0 saturated heterocycles. The number of carboxylic acid groups (broad SMARTS) is 1. The molecule has 3 N–H and O–H groups in total. The maximum absolute atomic E-state index is 11.8. The highest BCUT2D eigenvalue weighted by Gasteiger charge is 2.20. The number of rotatable bonds is 10. The Hall–Kier alpha value is -2.37. The number of benzene rings is 1. The average molecular weight is 320 g/mol. The number of carbonyl (C=O) groups is 3. The van der Waals surface area contributed by atoms with E-state index in [-0.39, 0.29) is 24.8 Å². The van der Waals surface area contributed by atoms with Crippen LogP contribution in [0, 0.1) is 0 Å². The quantitative estimate of drug-likeness (QED) is 0.611. The van der Waals surface area contributed by atoms with Crippen LogP contribution >= 0.6 is 0 Å². The minimum absolute atomic E-state index is 0.0419. The fourth-order valence-corrected chi connectivity index (χ4v) is 2.10. The average Bonchev–Trinajstić information content (AvgIpc) is 2.53. The summed E-state index contributed by atoms with van der Waals surface area (Å²) in [4.78, 5) is 34.5. The van der Waals surface area contributed by atoms with Gasteiger partial charge in [-0.05, 0) is 18.4 Å². The van der Waals surface area contributed by atoms with Crippen LogP contribution in [-0.4, -0.2) is 36.0 Å². The third-order valence-electron chi connectivity index (χ3n) is 3.38. The van der Waals surface area contributed by atoms with E-state index in [9.17, 15) is 19.5 Å². The van der Waals surface area contributed by atoms with Crippen LogP contribution in [0.2, 0.25) is 0 Å². The van der Waals surface area contributed by atoms with Gasteiger partial charge in [-0.1, -0.05) is 37.3 Å². The van der Waals surface area contributed by atoms with E-state index in [1.165, 1.54) is 0 Å². The Kier molecular flexibility index (Phi) is 8.42. The molecule has 23 heavy (non-hydrogen) atoms. The molecular formula is C17H24N2O4. The molecule has 0 fully saturated rings. The maximum atomic E-state index is 11.8. The number of aliphatic carboxylic acids is 1. The molecule has 0 aliphatic carbocycles. The molecule has 0 saturated carbocycles. The molecule has 6 nitrogen and oxygen atoms in total. The summed E-state index contributed by atoms with van der Waals surface area (Å²) < 4.78 is 0. The van der Waals surface area contributed by atoms with Gasteiger partial charge in [0, 0.05) is 25.9 Å². The monoisotopic (exact) mass is 320 g/mol. The minimum Gasteiger partial charge on any atom is -0.481 e. The van der Waals surface area contributed by atoms with E-state index in [1.807, 2.05) is 13.0 Å². The van der Waals surface area contributed by atoms with Crippen LogP contribution in [0.4, 0.5) is 0 Å². The SMILES string of the molecule is CCCNC(=O)CCCC(=O)NCC(C(=O)O)c1ccccc1. The van der Waals surface area contributed by atoms with Crippen molar-refractivity contribution in [1.29, 1.82) is 0 Å². The molecule has 0 spiro atoms. The van der Waals surface area contributed by atoms with Gasteiger partial charge in [-0.15, -0.1) is 0 Å². The van der Waals surface area contributed by atoms with Crippen molar-refractivity contribution in [2.24, 2.45) is 0 Å². The Morgan fingerprint density at radius 1 is 1.04 bits per heavy atom. The molecule has 6 heteroatoms. The lowest BCUT2D eigenvalue weighted by molar-refractivity contribution is -0.138. The predicted molar refractivity (Wildman–Crippen MR) is 87.0 cm³/mol. The van der Waals surface area contributed by atoms with Gasteiger partial charge < -0.3 is 15.7 Å². The summed E-state index contributed by atoms with van der Waals surface area (Å²) in [7, 11) is 0. The van der Waals surface area contributed by atoms with E-state index in [1.54, 1.807) is 24.3 Å². The number of amides is 2. The molecule has 1 aromatic rings. The lowest BCUT2D eigenvalue weighted by Gasteiger charge is -2.13. The molecule has 126 valence electrons. The lowest BCUT2D eigenvalue weighted by Crippen LogP contribution is -2.32. The Morgan fingerprint density at radius 2 is 1.65 bits per heavy atom. The first kappa shape index (κ1) is 18.7. The van der Waals surface area contributed by atoms with Crippen LogP contribution in [-0.2, 0) is 14.4 Å². The summed E-state index contributed by atoms with van der Waals surface area (Å²) >= 11 is 0. The molecule has 0 aliphatic rings. The van der Waals surface area contributed by atoms with Crippen molar-refractivity contribution in [3.05, 3.63) is 35.9 Å². The summed E-state index contributed by atoms with van der Waals surface area (Å²) in [5.74, 6) is -2.05. The predicted octanol–water partition coefficient (Wildman–Crippen LogP) is 1.67. The van der Waals surface area contributed by atoms with E-state index in [2.05, 4.69) is 10.6 Å². The van der Waals surface area contributed by atoms with Gasteiger partial charge >= 0.3 is 5.97 Å². The standard InChI is InChI=1S/C17H24N2O4/c1-2-11-18-15(20)9-6-10-16(21)19-12-14(17(22)23)13-7-4-3-5-8-13/h3-5,7-8,14H,2,6,9-12H2,1H3,(H,18,20)(H,19,21)(H,22,23). The number of carboxylic acids is 1. The van der Waals surface area contributed by atoms with Crippen LogP contribution in [0.3, 0.4) is 0 Å². The molecule has 0 radical (unpaired) electrons. The van der Waals surface area contributed by atoms with Crippen LogP contribution in [0.15, 0.2) is 30.3 Å². The molecule has 1 aromatic carbocycles. The number of hydrogen-bond donors (Lipinski definition) is 3. The smallest absolute Gasteiger partial charge is 0.312 e. The summed E-state index contributed by atoms with van der Waals surface area (Å²) in [5.41, 5.74) is 0.652. The largest absolute Gasteiger partial charge is 0.481 e. The third-order valence-corrected chi connectivity index (χ3v) is 3.38. The van der Waals surface area contributed by atoms with E-state index >= 15 is 0 Å². The van der Waals surface area contributed by atoms with E-state index in [0.717, 1.165) is 6.42 Å². The molecule has 1 unspecified atom stereocenters. The van der Waals surface area contributed by atoms with Crippen molar-refractivity contribution in [1.82, 2.24) is 10.6 Å². The van der Waals surface area contributed by atoms with E-state index < -0.39 is 11.9 Å². The summed E-state index contributed by atoms with van der Waals surface area (Å²) in [6.07, 6.45) is 1.84. The molecule has 1 rings (SSSR count). The van der Waals surface area contributed by atoms with Gasteiger partial charge in [0.05, 0.1) is 5.92 Å². The highest BCUT2D eigenvalue weighted by atomic mass is 16.4. The molecule has 1 atom stereocenters. The van der Waals surface area contributed by atoms with Crippen LogP contribution in [0.25, 0.3) is 0 Å². The number of nitrogens with one attached hydrogen (secondary N) is 2. The van der Waals surface area contributed by atoms with Crippen molar-refractivity contribution in [3.63, 3.8) is 0 Å². The highest BCUT2D eigenvalue weighted by Crippen LogP contribution is 2.14. The zero-order chi connectivity index (χ0) is 17.1. The number of carbonyl (C=O) groups excluding carboxylic acids is 2. The second-order valence-electron chi connectivity index (χ2n) is 5.31. The number of hydrogen-bond acceptors (Lipinski definition) is 3. The second-order valence-corrected chi connectivity index (χ2v) is 5.31. The fraction of sp³-hybridized carbons (Fsp3) is 0.471. The fourth-order valence-electron chi connectivity index (χ4n) is 2.10. The van der Waals surface area contributed by atoms with Gasteiger partial charge in [0.25, 0.3) is 0 Å². The van der Waals surface area contributed by atoms with Gasteiger partial charge in [-0.3, -0.25) is 14.4 Å². The molecular weight excluding hydrogens is 296 g/mol. The molecule has 0 aliphatic heterocycles. The van der Waals surface area contributed by atoms with Crippen molar-refractivity contribution in [3.8, 4) is 0 Å². The molecule has 0 aromatic heterocycles. The maximum Gasteiger partial charge on any atom is 0.312 e. The molecule has 0 heterocycles. The first-order valence-corrected chi connectivity index (χ1v) is 7.85. The highest BCUT2D eigenvalue weighted by molar-refractivity contribution is 5.80. The zero-order valence-corrected chi connectivity index (χ0v) is 13.4. The third kappa shape index (κ3) is 7.44. The van der Waals surface area contributed by atoms with Crippen LogP contribution in [0.1, 0.15) is 44.1 Å². The van der Waals surface area contributed by atoms with Crippen molar-refractivity contribution in [2.45, 2.75) is 38.5 Å². The first-order chi connectivity index (χ1) is 11.0. The van der Waals surface area contributed by atoms with Gasteiger partial charge in [-0.2, -0.15) is 0 Å². The van der Waals surface area contributed by atoms with Crippen molar-refractivity contribution < 1.29 is 19.5 Å². The summed E-state index contributed by atoms with van der Waals surface area (Å²) in [6, 6.07) is 8.79.